The van der Waals surface area contributed by atoms with E-state index in [2.05, 4.69) is 14.5 Å². The van der Waals surface area contributed by atoms with Gasteiger partial charge in [0, 0.05) is 6.07 Å². The zero-order chi connectivity index (χ0) is 13.0. The zero-order valence-electron chi connectivity index (χ0n) is 9.24. The lowest BCUT2D eigenvalue weighted by Crippen LogP contribution is -2.10. The van der Waals surface area contributed by atoms with E-state index in [9.17, 15) is 18.7 Å². The second-order valence-corrected chi connectivity index (χ2v) is 2.97. The van der Waals surface area contributed by atoms with Gasteiger partial charge in [-0.2, -0.15) is 0 Å². The maximum Gasteiger partial charge on any atom is 0.340 e. The maximum atomic E-state index is 12.7. The Morgan fingerprint density at radius 2 is 2.24 bits per heavy atom. The van der Waals surface area contributed by atoms with Crippen molar-refractivity contribution in [2.75, 3.05) is 13.7 Å². The summed E-state index contributed by atoms with van der Waals surface area (Å²) in [6, 6.07) is 0.852. The molecule has 5 nitrogen and oxygen atoms in total. The lowest BCUT2D eigenvalue weighted by atomic mass is 10.2. The van der Waals surface area contributed by atoms with Crippen LogP contribution in [0.1, 0.15) is 29.4 Å². The molecule has 1 heterocycles. The Labute approximate surface area is 96.0 Å². The number of carbonyl (C=O) groups is 1. The van der Waals surface area contributed by atoms with E-state index in [4.69, 9.17) is 0 Å². The van der Waals surface area contributed by atoms with Crippen molar-refractivity contribution in [3.05, 3.63) is 17.3 Å². The highest BCUT2D eigenvalue weighted by molar-refractivity contribution is 5.91. The largest absolute Gasteiger partial charge is 0.503 e. The molecule has 0 saturated carbocycles. The molecule has 0 aliphatic carbocycles. The van der Waals surface area contributed by atoms with Gasteiger partial charge in [0.15, 0.2) is 5.75 Å². The molecule has 1 aromatic rings. The van der Waals surface area contributed by atoms with Gasteiger partial charge in [0.25, 0.3) is 12.3 Å². The van der Waals surface area contributed by atoms with Gasteiger partial charge >= 0.3 is 5.97 Å². The van der Waals surface area contributed by atoms with Crippen LogP contribution in [0.2, 0.25) is 0 Å². The van der Waals surface area contributed by atoms with E-state index in [-0.39, 0.29) is 12.5 Å². The van der Waals surface area contributed by atoms with Crippen LogP contribution in [-0.2, 0) is 4.74 Å². The van der Waals surface area contributed by atoms with E-state index >= 15 is 0 Å². The third-order valence-corrected chi connectivity index (χ3v) is 1.89. The van der Waals surface area contributed by atoms with E-state index < -0.39 is 29.4 Å². The number of aromatic hydroxyl groups is 1. The molecule has 7 heteroatoms. The Morgan fingerprint density at radius 3 is 2.71 bits per heavy atom. The summed E-state index contributed by atoms with van der Waals surface area (Å²) < 4.78 is 34.5. The second-order valence-electron chi connectivity index (χ2n) is 2.97. The SMILES string of the molecule is CCOC(=O)c1cc(O)c(OC)nc1C(F)F. The first-order valence-electron chi connectivity index (χ1n) is 4.74. The fourth-order valence-corrected chi connectivity index (χ4v) is 1.19. The van der Waals surface area contributed by atoms with Crippen molar-refractivity contribution in [2.45, 2.75) is 13.3 Å². The number of aromatic nitrogens is 1. The van der Waals surface area contributed by atoms with Crippen LogP contribution in [0.3, 0.4) is 0 Å². The van der Waals surface area contributed by atoms with Crippen LogP contribution in [0, 0.1) is 0 Å². The number of nitrogens with zero attached hydrogens (tertiary/aromatic N) is 1. The van der Waals surface area contributed by atoms with Gasteiger partial charge < -0.3 is 14.6 Å². The Kier molecular flexibility index (Phi) is 4.19. The van der Waals surface area contributed by atoms with Crippen molar-refractivity contribution >= 4 is 5.97 Å². The minimum absolute atomic E-state index is 0.0360. The summed E-state index contributed by atoms with van der Waals surface area (Å²) in [4.78, 5) is 14.7. The zero-order valence-corrected chi connectivity index (χ0v) is 9.24. The molecule has 1 N–H and O–H groups in total. The van der Waals surface area contributed by atoms with Crippen LogP contribution in [0.5, 0.6) is 11.6 Å². The van der Waals surface area contributed by atoms with E-state index in [0.29, 0.717) is 0 Å². The van der Waals surface area contributed by atoms with Crippen LogP contribution in [0.4, 0.5) is 8.78 Å². The van der Waals surface area contributed by atoms with Gasteiger partial charge in [-0.3, -0.25) is 0 Å². The molecular weight excluding hydrogens is 236 g/mol. The Morgan fingerprint density at radius 1 is 1.59 bits per heavy atom. The molecule has 0 saturated heterocycles. The minimum Gasteiger partial charge on any atom is -0.503 e. The van der Waals surface area contributed by atoms with Gasteiger partial charge in [-0.25, -0.2) is 18.6 Å². The van der Waals surface area contributed by atoms with E-state index in [1.807, 2.05) is 0 Å². The Hall–Kier alpha value is -1.92. The van der Waals surface area contributed by atoms with Gasteiger partial charge in [0.05, 0.1) is 19.3 Å². The van der Waals surface area contributed by atoms with Crippen molar-refractivity contribution in [3.8, 4) is 11.6 Å². The van der Waals surface area contributed by atoms with Crippen LogP contribution < -0.4 is 4.74 Å². The summed E-state index contributed by atoms with van der Waals surface area (Å²) in [6.07, 6.45) is -2.97. The van der Waals surface area contributed by atoms with Gasteiger partial charge in [0.2, 0.25) is 0 Å². The third-order valence-electron chi connectivity index (χ3n) is 1.89. The second kappa shape index (κ2) is 5.42. The number of hydrogen-bond acceptors (Lipinski definition) is 5. The van der Waals surface area contributed by atoms with Gasteiger partial charge in [-0.1, -0.05) is 0 Å². The summed E-state index contributed by atoms with van der Waals surface area (Å²) in [5, 5.41) is 9.37. The predicted molar refractivity (Wildman–Crippen MR) is 53.4 cm³/mol. The normalized spacial score (nSPS) is 10.4. The van der Waals surface area contributed by atoms with Crippen molar-refractivity contribution in [1.82, 2.24) is 4.98 Å². The van der Waals surface area contributed by atoms with Crippen molar-refractivity contribution in [2.24, 2.45) is 0 Å². The van der Waals surface area contributed by atoms with Crippen molar-refractivity contribution < 1.29 is 28.2 Å². The summed E-state index contributed by atoms with van der Waals surface area (Å²) in [7, 11) is 1.17. The van der Waals surface area contributed by atoms with Gasteiger partial charge in [0.1, 0.15) is 5.69 Å². The Bertz CT molecular complexity index is 423. The highest BCUT2D eigenvalue weighted by Gasteiger charge is 2.24. The Balaban J connectivity index is 3.27. The molecule has 0 aromatic carbocycles. The molecular formula is C10H11F2NO4. The smallest absolute Gasteiger partial charge is 0.340 e. The lowest BCUT2D eigenvalue weighted by molar-refractivity contribution is 0.0512. The van der Waals surface area contributed by atoms with Crippen LogP contribution in [0.15, 0.2) is 6.07 Å². The maximum absolute atomic E-state index is 12.7. The van der Waals surface area contributed by atoms with Crippen molar-refractivity contribution in [3.63, 3.8) is 0 Å². The monoisotopic (exact) mass is 247 g/mol. The standard InChI is InChI=1S/C10H11F2NO4/c1-3-17-10(15)5-4-6(14)9(16-2)13-7(5)8(11)12/h4,8,14H,3H2,1-2H3. The number of methoxy groups -OCH3 is 1. The molecule has 0 aliphatic heterocycles. The van der Waals surface area contributed by atoms with E-state index in [1.165, 1.54) is 14.0 Å². The van der Waals surface area contributed by atoms with Gasteiger partial charge in [-0.05, 0) is 6.92 Å². The molecule has 17 heavy (non-hydrogen) atoms. The number of esters is 1. The number of pyridine rings is 1. The number of ether oxygens (including phenoxy) is 2. The van der Waals surface area contributed by atoms with Crippen LogP contribution in [-0.4, -0.2) is 29.8 Å². The summed E-state index contributed by atoms with van der Waals surface area (Å²) in [5.41, 5.74) is -1.25. The van der Waals surface area contributed by atoms with Crippen LogP contribution >= 0.6 is 0 Å². The highest BCUT2D eigenvalue weighted by atomic mass is 19.3. The summed E-state index contributed by atoms with van der Waals surface area (Å²) in [6.45, 7) is 1.57. The molecule has 0 amide bonds. The highest BCUT2D eigenvalue weighted by Crippen LogP contribution is 2.31. The fourth-order valence-electron chi connectivity index (χ4n) is 1.19. The molecule has 0 atom stereocenters. The fraction of sp³-hybridized carbons (Fsp3) is 0.400. The molecule has 0 fully saturated rings. The minimum atomic E-state index is -2.97. The molecule has 0 radical (unpaired) electrons. The average molecular weight is 247 g/mol. The van der Waals surface area contributed by atoms with Crippen molar-refractivity contribution in [1.29, 1.82) is 0 Å². The summed E-state index contributed by atoms with van der Waals surface area (Å²) in [5.74, 6) is -1.83. The third kappa shape index (κ3) is 2.80. The van der Waals surface area contributed by atoms with E-state index in [1.54, 1.807) is 0 Å². The lowest BCUT2D eigenvalue weighted by Gasteiger charge is -2.10. The molecule has 0 unspecified atom stereocenters. The quantitative estimate of drug-likeness (QED) is 0.823. The first kappa shape index (κ1) is 13.1. The van der Waals surface area contributed by atoms with Gasteiger partial charge in [-0.15, -0.1) is 0 Å². The molecule has 1 aromatic heterocycles. The van der Waals surface area contributed by atoms with Crippen LogP contribution in [0.25, 0.3) is 0 Å². The molecule has 1 rings (SSSR count). The number of halogens is 2. The van der Waals surface area contributed by atoms with E-state index in [0.717, 1.165) is 6.07 Å². The first-order valence-corrected chi connectivity index (χ1v) is 4.74. The molecule has 0 bridgehead atoms. The average Bonchev–Trinajstić information content (AvgIpc) is 2.28. The molecule has 0 aliphatic rings. The number of rotatable bonds is 4. The molecule has 0 spiro atoms. The number of alkyl halides is 2. The first-order chi connectivity index (χ1) is 8.01. The number of carbonyl (C=O) groups excluding carboxylic acids is 1. The predicted octanol–water partition coefficient (Wildman–Crippen LogP) is 1.91. The topological polar surface area (TPSA) is 68.7 Å². The molecule has 94 valence electrons. The summed E-state index contributed by atoms with van der Waals surface area (Å²) >= 11 is 0. The number of hydrogen-bond donors (Lipinski definition) is 1.